The van der Waals surface area contributed by atoms with E-state index in [0.717, 1.165) is 0 Å². The number of hydrogen-bond donors (Lipinski definition) is 8. The molecule has 14 nitrogen and oxygen atoms in total. The lowest BCUT2D eigenvalue weighted by Crippen LogP contribution is -2.59. The minimum absolute atomic E-state index is 0.358. The first-order valence-electron chi connectivity index (χ1n) is 9.34. The second kappa shape index (κ2) is 13.1. The monoisotopic (exact) mass is 447 g/mol. The van der Waals surface area contributed by atoms with Gasteiger partial charge in [0.1, 0.15) is 24.2 Å². The van der Waals surface area contributed by atoms with Gasteiger partial charge in [0.2, 0.25) is 23.6 Å². The molecule has 0 rings (SSSR count). The van der Waals surface area contributed by atoms with Crippen molar-refractivity contribution in [3.8, 4) is 0 Å². The van der Waals surface area contributed by atoms with Crippen molar-refractivity contribution in [3.05, 3.63) is 0 Å². The zero-order valence-electron chi connectivity index (χ0n) is 17.2. The lowest BCUT2D eigenvalue weighted by molar-refractivity contribution is -0.147. The molecule has 5 atom stereocenters. The number of aliphatic hydroxyl groups is 1. The van der Waals surface area contributed by atoms with Crippen molar-refractivity contribution < 1.29 is 44.1 Å². The molecule has 14 heteroatoms. The van der Waals surface area contributed by atoms with E-state index in [2.05, 4.69) is 16.0 Å². The normalized spacial score (nSPS) is 15.5. The van der Waals surface area contributed by atoms with Crippen molar-refractivity contribution in [3.63, 3.8) is 0 Å². The molecule has 0 spiro atoms. The van der Waals surface area contributed by atoms with E-state index < -0.39 is 85.1 Å². The Morgan fingerprint density at radius 1 is 0.871 bits per heavy atom. The number of primary amides is 1. The number of nitrogens with two attached hydrogens (primary N) is 2. The standard InChI is InChI=1S/C17H29N5O9/c1-3-7(2)13(16(29)21-10(17(30)31)5-12(25)26)22-15(28)9(4-11(19)24)20-14(27)8(18)6-23/h7-10,13,23H,3-6,18H2,1-2H3,(H2,19,24)(H,20,27)(H,21,29)(H,22,28)(H,25,26)(H,30,31). The van der Waals surface area contributed by atoms with Crippen LogP contribution >= 0.6 is 0 Å². The summed E-state index contributed by atoms with van der Waals surface area (Å²) in [6, 6.07) is -5.94. The molecular weight excluding hydrogens is 418 g/mol. The molecule has 0 saturated heterocycles. The number of carbonyl (C=O) groups is 6. The van der Waals surface area contributed by atoms with E-state index in [1.54, 1.807) is 13.8 Å². The van der Waals surface area contributed by atoms with Crippen LogP contribution in [0.25, 0.3) is 0 Å². The van der Waals surface area contributed by atoms with Crippen molar-refractivity contribution in [1.82, 2.24) is 16.0 Å². The number of aliphatic carboxylic acids is 2. The Hall–Kier alpha value is -3.26. The van der Waals surface area contributed by atoms with Crippen LogP contribution in [0.5, 0.6) is 0 Å². The zero-order valence-corrected chi connectivity index (χ0v) is 17.2. The molecular formula is C17H29N5O9. The van der Waals surface area contributed by atoms with Gasteiger partial charge in [-0.1, -0.05) is 20.3 Å². The summed E-state index contributed by atoms with van der Waals surface area (Å²) in [6.07, 6.45) is -1.17. The first-order valence-corrected chi connectivity index (χ1v) is 9.34. The van der Waals surface area contributed by atoms with Gasteiger partial charge in [0, 0.05) is 0 Å². The van der Waals surface area contributed by atoms with Crippen molar-refractivity contribution in [1.29, 1.82) is 0 Å². The highest BCUT2D eigenvalue weighted by molar-refractivity contribution is 5.96. The number of carboxylic acids is 2. The Bertz CT molecular complexity index is 699. The fourth-order valence-corrected chi connectivity index (χ4v) is 2.36. The highest BCUT2D eigenvalue weighted by Gasteiger charge is 2.33. The highest BCUT2D eigenvalue weighted by Crippen LogP contribution is 2.10. The highest BCUT2D eigenvalue weighted by atomic mass is 16.4. The molecule has 0 radical (unpaired) electrons. The van der Waals surface area contributed by atoms with E-state index in [1.165, 1.54) is 0 Å². The summed E-state index contributed by atoms with van der Waals surface area (Å²) in [5, 5.41) is 33.3. The van der Waals surface area contributed by atoms with Crippen LogP contribution in [0, 0.1) is 5.92 Å². The number of rotatable bonds is 14. The molecule has 0 aliphatic heterocycles. The summed E-state index contributed by atoms with van der Waals surface area (Å²) in [4.78, 5) is 70.4. The maximum absolute atomic E-state index is 12.6. The number of aliphatic hydroxyl groups excluding tert-OH is 1. The van der Waals surface area contributed by atoms with Gasteiger partial charge >= 0.3 is 11.9 Å². The van der Waals surface area contributed by atoms with Crippen LogP contribution in [0.3, 0.4) is 0 Å². The van der Waals surface area contributed by atoms with E-state index in [1.807, 2.05) is 0 Å². The molecule has 0 saturated carbocycles. The van der Waals surface area contributed by atoms with Gasteiger partial charge in [-0.05, 0) is 5.92 Å². The van der Waals surface area contributed by atoms with Crippen LogP contribution in [0.1, 0.15) is 33.1 Å². The molecule has 31 heavy (non-hydrogen) atoms. The van der Waals surface area contributed by atoms with Crippen LogP contribution in [-0.4, -0.2) is 81.7 Å². The van der Waals surface area contributed by atoms with Gasteiger partial charge < -0.3 is 42.7 Å². The fourth-order valence-electron chi connectivity index (χ4n) is 2.36. The van der Waals surface area contributed by atoms with Crippen LogP contribution in [0.4, 0.5) is 0 Å². The maximum atomic E-state index is 12.6. The van der Waals surface area contributed by atoms with E-state index in [-0.39, 0.29) is 0 Å². The lowest BCUT2D eigenvalue weighted by atomic mass is 9.97. The Labute approximate surface area is 177 Å². The minimum Gasteiger partial charge on any atom is -0.481 e. The van der Waals surface area contributed by atoms with Crippen molar-refractivity contribution in [2.24, 2.45) is 17.4 Å². The molecule has 0 bridgehead atoms. The average molecular weight is 447 g/mol. The fraction of sp³-hybridized carbons (Fsp3) is 0.647. The summed E-state index contributed by atoms with van der Waals surface area (Å²) >= 11 is 0. The van der Waals surface area contributed by atoms with Gasteiger partial charge in [0.15, 0.2) is 0 Å². The summed E-state index contributed by atoms with van der Waals surface area (Å²) < 4.78 is 0. The molecule has 0 aliphatic carbocycles. The van der Waals surface area contributed by atoms with Crippen LogP contribution in [0.15, 0.2) is 0 Å². The van der Waals surface area contributed by atoms with Gasteiger partial charge in [-0.25, -0.2) is 4.79 Å². The third-order valence-corrected chi connectivity index (χ3v) is 4.36. The van der Waals surface area contributed by atoms with Gasteiger partial charge in [-0.15, -0.1) is 0 Å². The number of hydrogen-bond acceptors (Lipinski definition) is 8. The SMILES string of the molecule is CCC(C)C(NC(=O)C(CC(N)=O)NC(=O)C(N)CO)C(=O)NC(CC(=O)O)C(=O)O. The Morgan fingerprint density at radius 2 is 1.42 bits per heavy atom. The summed E-state index contributed by atoms with van der Waals surface area (Å²) in [5.74, 6) is -7.41. The van der Waals surface area contributed by atoms with E-state index in [0.29, 0.717) is 6.42 Å². The van der Waals surface area contributed by atoms with Gasteiger partial charge in [0.25, 0.3) is 0 Å². The molecule has 0 aliphatic rings. The quantitative estimate of drug-likeness (QED) is 0.129. The molecule has 0 fully saturated rings. The lowest BCUT2D eigenvalue weighted by Gasteiger charge is -2.27. The first-order chi connectivity index (χ1) is 14.3. The first kappa shape index (κ1) is 27.7. The average Bonchev–Trinajstić information content (AvgIpc) is 2.68. The van der Waals surface area contributed by atoms with Crippen LogP contribution < -0.4 is 27.4 Å². The Morgan fingerprint density at radius 3 is 1.84 bits per heavy atom. The van der Waals surface area contributed by atoms with Crippen LogP contribution in [-0.2, 0) is 28.8 Å². The second-order valence-corrected chi connectivity index (χ2v) is 6.89. The maximum Gasteiger partial charge on any atom is 0.326 e. The molecule has 10 N–H and O–H groups in total. The predicted molar refractivity (Wildman–Crippen MR) is 104 cm³/mol. The largest absolute Gasteiger partial charge is 0.481 e. The molecule has 0 aromatic heterocycles. The van der Waals surface area contributed by atoms with E-state index in [4.69, 9.17) is 26.8 Å². The van der Waals surface area contributed by atoms with E-state index >= 15 is 0 Å². The summed E-state index contributed by atoms with van der Waals surface area (Å²) in [5.41, 5.74) is 10.4. The van der Waals surface area contributed by atoms with Gasteiger partial charge in [-0.3, -0.25) is 24.0 Å². The number of nitrogens with one attached hydrogen (secondary N) is 3. The van der Waals surface area contributed by atoms with Crippen molar-refractivity contribution in [2.75, 3.05) is 6.61 Å². The molecule has 4 amide bonds. The Kier molecular flexibility index (Phi) is 11.7. The third kappa shape index (κ3) is 9.86. The van der Waals surface area contributed by atoms with Crippen molar-refractivity contribution in [2.45, 2.75) is 57.3 Å². The van der Waals surface area contributed by atoms with Crippen LogP contribution in [0.2, 0.25) is 0 Å². The number of carboxylic acid groups (broad SMARTS) is 2. The topological polar surface area (TPSA) is 251 Å². The second-order valence-electron chi connectivity index (χ2n) is 6.89. The third-order valence-electron chi connectivity index (χ3n) is 4.36. The summed E-state index contributed by atoms with van der Waals surface area (Å²) in [7, 11) is 0. The molecule has 0 heterocycles. The minimum atomic E-state index is -1.74. The predicted octanol–water partition coefficient (Wildman–Crippen LogP) is -3.76. The van der Waals surface area contributed by atoms with Gasteiger partial charge in [0.05, 0.1) is 19.4 Å². The smallest absolute Gasteiger partial charge is 0.326 e. The molecule has 0 aromatic rings. The number of carbonyl (C=O) groups excluding carboxylic acids is 4. The molecule has 5 unspecified atom stereocenters. The Balaban J connectivity index is 5.56. The van der Waals surface area contributed by atoms with E-state index in [9.17, 15) is 28.8 Å². The molecule has 0 aromatic carbocycles. The molecule has 176 valence electrons. The zero-order chi connectivity index (χ0) is 24.3. The summed E-state index contributed by atoms with van der Waals surface area (Å²) in [6.45, 7) is 2.53. The van der Waals surface area contributed by atoms with Gasteiger partial charge in [-0.2, -0.15) is 0 Å². The number of amides is 4. The van der Waals surface area contributed by atoms with Crippen molar-refractivity contribution >= 4 is 35.6 Å².